The molecule has 2 aliphatic rings. The van der Waals surface area contributed by atoms with Crippen LogP contribution in [0.5, 0.6) is 0 Å². The lowest BCUT2D eigenvalue weighted by Gasteiger charge is -2.38. The van der Waals surface area contributed by atoms with Gasteiger partial charge in [0, 0.05) is 5.92 Å². The summed E-state index contributed by atoms with van der Waals surface area (Å²) in [4.78, 5) is 4.08. The third-order valence-electron chi connectivity index (χ3n) is 8.38. The van der Waals surface area contributed by atoms with Crippen molar-refractivity contribution in [3.63, 3.8) is 0 Å². The Balaban J connectivity index is 0.000000221. The fraction of sp³-hybridized carbons (Fsp3) is 0.455. The van der Waals surface area contributed by atoms with Gasteiger partial charge in [0.25, 0.3) is 10.1 Å². The lowest BCUT2D eigenvalue weighted by molar-refractivity contribution is -0.208. The lowest BCUT2D eigenvalue weighted by Crippen LogP contribution is -2.54. The zero-order valence-corrected chi connectivity index (χ0v) is 27.8. The molecule has 13 heteroatoms. The fourth-order valence-electron chi connectivity index (χ4n) is 6.22. The monoisotopic (exact) mass is 702 g/mol. The van der Waals surface area contributed by atoms with Crippen molar-refractivity contribution in [2.24, 2.45) is 17.8 Å². The third-order valence-corrected chi connectivity index (χ3v) is 12.8. The molecule has 2 fully saturated rings. The van der Waals surface area contributed by atoms with Gasteiger partial charge in [0.05, 0.1) is 22.8 Å². The summed E-state index contributed by atoms with van der Waals surface area (Å²) in [6, 6.07) is 32.2. The summed E-state index contributed by atoms with van der Waals surface area (Å²) in [5.74, 6) is -9.25. The predicted octanol–water partition coefficient (Wildman–Crippen LogP) is 7.88. The van der Waals surface area contributed by atoms with Crippen molar-refractivity contribution < 1.29 is 43.1 Å². The molecule has 0 spiro atoms. The highest BCUT2D eigenvalue weighted by atomic mass is 32.2. The van der Waals surface area contributed by atoms with E-state index < -0.39 is 61.7 Å². The summed E-state index contributed by atoms with van der Waals surface area (Å²) in [5.41, 5.74) is 0. The van der Waals surface area contributed by atoms with Crippen molar-refractivity contribution in [2.75, 3.05) is 5.75 Å². The molecule has 2 bridgehead atoms. The summed E-state index contributed by atoms with van der Waals surface area (Å²) >= 11 is 0. The highest BCUT2D eigenvalue weighted by Crippen LogP contribution is 2.59. The molecule has 5 rings (SSSR count). The molecule has 252 valence electrons. The van der Waals surface area contributed by atoms with Gasteiger partial charge in [-0.15, -0.1) is 0 Å². The molecule has 0 heterocycles. The summed E-state index contributed by atoms with van der Waals surface area (Å²) < 4.78 is 117. The van der Waals surface area contributed by atoms with Crippen LogP contribution in [0.25, 0.3) is 0 Å². The molecule has 6 nitrogen and oxygen atoms in total. The minimum Gasteiger partial charge on any atom is -0.743 e. The van der Waals surface area contributed by atoms with Crippen LogP contribution in [0.2, 0.25) is 0 Å². The molecule has 2 aliphatic carbocycles. The standard InChI is InChI=1S/C18H15S.C15H24F4O6S2/c1-4-10-16(11-5-1)19(17-12-6-2-7-13-17)18-14-8-3-9-15-18;1-2-3-4-5-6-26(20,21)25-13-9-10-7-11(13)12(8-10)14(16,17)15(18,19)27(22,23)24/h1-15H;10-13H,2-9H2,1H3,(H,22,23,24)/q+1;/p-1. The van der Waals surface area contributed by atoms with Gasteiger partial charge in [-0.1, -0.05) is 80.8 Å². The van der Waals surface area contributed by atoms with Gasteiger partial charge in [0.2, 0.25) is 0 Å². The van der Waals surface area contributed by atoms with Crippen LogP contribution in [0.1, 0.15) is 51.9 Å². The van der Waals surface area contributed by atoms with E-state index in [9.17, 15) is 39.0 Å². The molecule has 3 aromatic rings. The first-order valence-electron chi connectivity index (χ1n) is 15.2. The Bertz CT molecular complexity index is 1510. The van der Waals surface area contributed by atoms with Crippen LogP contribution < -0.4 is 0 Å². The Morgan fingerprint density at radius 2 is 1.22 bits per heavy atom. The van der Waals surface area contributed by atoms with Crippen LogP contribution in [-0.2, 0) is 35.3 Å². The molecule has 0 saturated heterocycles. The van der Waals surface area contributed by atoms with Crippen molar-refractivity contribution in [1.29, 1.82) is 0 Å². The van der Waals surface area contributed by atoms with Crippen molar-refractivity contribution in [3.8, 4) is 0 Å². The largest absolute Gasteiger partial charge is 0.743 e. The molecular weight excluding hydrogens is 665 g/mol. The minimum atomic E-state index is -6.58. The molecular formula is C33H38F4O6S3. The van der Waals surface area contributed by atoms with E-state index in [0.29, 0.717) is 12.8 Å². The van der Waals surface area contributed by atoms with Crippen LogP contribution in [0.3, 0.4) is 0 Å². The summed E-state index contributed by atoms with van der Waals surface area (Å²) in [5, 5.41) is -5.77. The lowest BCUT2D eigenvalue weighted by atomic mass is 9.82. The average molecular weight is 703 g/mol. The zero-order valence-electron chi connectivity index (χ0n) is 25.3. The van der Waals surface area contributed by atoms with Gasteiger partial charge < -0.3 is 4.55 Å². The van der Waals surface area contributed by atoms with Crippen LogP contribution in [0.4, 0.5) is 17.6 Å². The molecule has 0 amide bonds. The number of benzene rings is 3. The Hall–Kier alpha value is -2.45. The SMILES string of the molecule is CCCCCCS(=O)(=O)OC1CC2CC1C(C(F)(F)C(F)(F)S(=O)(=O)[O-])C2.c1ccc([S+](c2ccccc2)c2ccccc2)cc1. The number of unbranched alkanes of at least 4 members (excludes halogenated alkanes) is 3. The zero-order chi connectivity index (χ0) is 33.6. The number of fused-ring (bicyclic) bond motifs is 2. The van der Waals surface area contributed by atoms with Gasteiger partial charge in [-0.25, -0.2) is 8.42 Å². The number of hydrogen-bond acceptors (Lipinski definition) is 6. The van der Waals surface area contributed by atoms with E-state index >= 15 is 0 Å². The van der Waals surface area contributed by atoms with E-state index in [0.717, 1.165) is 12.8 Å². The van der Waals surface area contributed by atoms with Crippen LogP contribution in [0.15, 0.2) is 106 Å². The molecule has 4 unspecified atom stereocenters. The number of hydrogen-bond donors (Lipinski definition) is 0. The molecule has 4 atom stereocenters. The minimum absolute atomic E-state index is 0.0146. The first kappa shape index (κ1) is 36.4. The maximum atomic E-state index is 14.2. The maximum absolute atomic E-state index is 14.2. The van der Waals surface area contributed by atoms with E-state index in [1.54, 1.807) is 0 Å². The van der Waals surface area contributed by atoms with Crippen LogP contribution in [0, 0.1) is 17.8 Å². The molecule has 2 saturated carbocycles. The van der Waals surface area contributed by atoms with Crippen LogP contribution in [-0.4, -0.2) is 44.4 Å². The molecule has 3 aromatic carbocycles. The van der Waals surface area contributed by atoms with Gasteiger partial charge in [0.15, 0.2) is 24.8 Å². The highest BCUT2D eigenvalue weighted by molar-refractivity contribution is 7.97. The second-order valence-corrected chi connectivity index (χ2v) is 16.8. The predicted molar refractivity (Wildman–Crippen MR) is 168 cm³/mol. The van der Waals surface area contributed by atoms with E-state index in [1.165, 1.54) is 14.7 Å². The normalized spacial score (nSPS) is 21.6. The Morgan fingerprint density at radius 3 is 1.63 bits per heavy atom. The third kappa shape index (κ3) is 8.52. The molecule has 0 aliphatic heterocycles. The van der Waals surface area contributed by atoms with Crippen LogP contribution >= 0.6 is 0 Å². The van der Waals surface area contributed by atoms with Gasteiger partial charge in [-0.2, -0.15) is 26.0 Å². The average Bonchev–Trinajstić information content (AvgIpc) is 3.62. The van der Waals surface area contributed by atoms with Gasteiger partial charge in [-0.05, 0) is 73.9 Å². The van der Waals surface area contributed by atoms with Crippen molar-refractivity contribution >= 4 is 31.1 Å². The molecule has 46 heavy (non-hydrogen) atoms. The summed E-state index contributed by atoms with van der Waals surface area (Å²) in [6.07, 6.45) is 1.26. The molecule has 0 N–H and O–H groups in total. The Morgan fingerprint density at radius 1 is 0.739 bits per heavy atom. The fourth-order valence-corrected chi connectivity index (χ4v) is 10.1. The molecule has 0 aromatic heterocycles. The van der Waals surface area contributed by atoms with E-state index in [1.807, 2.05) is 6.92 Å². The number of rotatable bonds is 13. The van der Waals surface area contributed by atoms with Crippen molar-refractivity contribution in [3.05, 3.63) is 91.0 Å². The first-order valence-corrected chi connectivity index (χ1v) is 19.4. The van der Waals surface area contributed by atoms with Gasteiger partial charge in [-0.3, -0.25) is 4.18 Å². The summed E-state index contributed by atoms with van der Waals surface area (Å²) in [7, 11) is -10.6. The quantitative estimate of drug-likeness (QED) is 0.0591. The van der Waals surface area contributed by atoms with E-state index in [-0.39, 0.29) is 29.5 Å². The van der Waals surface area contributed by atoms with Crippen molar-refractivity contribution in [2.45, 2.75) is 83.8 Å². The maximum Gasteiger partial charge on any atom is 0.396 e. The smallest absolute Gasteiger partial charge is 0.396 e. The topological polar surface area (TPSA) is 101 Å². The molecule has 0 radical (unpaired) electrons. The van der Waals surface area contributed by atoms with Gasteiger partial charge in [0.1, 0.15) is 0 Å². The summed E-state index contributed by atoms with van der Waals surface area (Å²) in [6.45, 7) is 1.94. The Kier molecular flexibility index (Phi) is 12.0. The van der Waals surface area contributed by atoms with E-state index in [4.69, 9.17) is 4.18 Å². The second-order valence-electron chi connectivity index (χ2n) is 11.6. The second kappa shape index (κ2) is 15.2. The Labute approximate surface area is 271 Å². The highest BCUT2D eigenvalue weighted by Gasteiger charge is 2.70. The first-order chi connectivity index (χ1) is 21.7. The number of alkyl halides is 4. The van der Waals surface area contributed by atoms with Gasteiger partial charge >= 0.3 is 11.2 Å². The van der Waals surface area contributed by atoms with E-state index in [2.05, 4.69) is 91.0 Å². The number of halogens is 4. The van der Waals surface area contributed by atoms with Crippen molar-refractivity contribution in [1.82, 2.24) is 0 Å².